The molecule has 1 fully saturated rings. The minimum absolute atomic E-state index is 0.0927. The van der Waals surface area contributed by atoms with Crippen molar-refractivity contribution < 1.29 is 44.5 Å². The average Bonchev–Trinajstić information content (AvgIpc) is 2.74. The summed E-state index contributed by atoms with van der Waals surface area (Å²) in [6, 6.07) is 12.0. The van der Waals surface area contributed by atoms with Gasteiger partial charge in [-0.1, -0.05) is 18.2 Å². The van der Waals surface area contributed by atoms with Crippen LogP contribution in [0.2, 0.25) is 0 Å². The van der Waals surface area contributed by atoms with Crippen molar-refractivity contribution in [2.45, 2.75) is 37.3 Å². The van der Waals surface area contributed by atoms with E-state index in [1.165, 1.54) is 30.3 Å². The fourth-order valence-electron chi connectivity index (χ4n) is 2.99. The van der Waals surface area contributed by atoms with Crippen LogP contribution in [0.25, 0.3) is 0 Å². The molecule has 0 amide bonds. The standard InChI is InChI=1S/C20H22O9/c21-9-12-8-13(23)6-7-14(12)27-20-17(25)18(16(24)15(10-22)28-20)29-19(26)11-4-2-1-3-5-11/h1-8,15-18,20-25H,9-10H2/t15-,16-,17-,18+,20-/m1/s1. The van der Waals surface area contributed by atoms with E-state index in [0.717, 1.165) is 0 Å². The quantitative estimate of drug-likeness (QED) is 0.416. The molecule has 156 valence electrons. The molecule has 0 aliphatic carbocycles. The van der Waals surface area contributed by atoms with Crippen molar-refractivity contribution in [3.05, 3.63) is 59.7 Å². The molecule has 0 radical (unpaired) electrons. The Hall–Kier alpha value is -2.69. The highest BCUT2D eigenvalue weighted by Crippen LogP contribution is 2.30. The Bertz CT molecular complexity index is 826. The molecule has 0 unspecified atom stereocenters. The Morgan fingerprint density at radius 1 is 1.03 bits per heavy atom. The molecule has 0 aromatic heterocycles. The molecular formula is C20H22O9. The van der Waals surface area contributed by atoms with Crippen LogP contribution in [-0.2, 0) is 16.1 Å². The van der Waals surface area contributed by atoms with Crippen molar-refractivity contribution in [1.29, 1.82) is 0 Å². The van der Waals surface area contributed by atoms with Crippen molar-refractivity contribution >= 4 is 5.97 Å². The number of aliphatic hydroxyl groups is 4. The molecule has 3 rings (SSSR count). The van der Waals surface area contributed by atoms with Crippen molar-refractivity contribution in [3.63, 3.8) is 0 Å². The molecule has 1 heterocycles. The molecule has 1 saturated heterocycles. The molecule has 5 N–H and O–H groups in total. The number of rotatable bonds is 6. The van der Waals surface area contributed by atoms with Gasteiger partial charge < -0.3 is 39.7 Å². The second-order valence-corrected chi connectivity index (χ2v) is 6.51. The highest BCUT2D eigenvalue weighted by atomic mass is 16.7. The zero-order valence-corrected chi connectivity index (χ0v) is 15.3. The summed E-state index contributed by atoms with van der Waals surface area (Å²) in [5.41, 5.74) is 0.447. The third kappa shape index (κ3) is 4.66. The van der Waals surface area contributed by atoms with Crippen LogP contribution in [0, 0.1) is 0 Å². The maximum atomic E-state index is 12.4. The van der Waals surface area contributed by atoms with Crippen LogP contribution in [0.3, 0.4) is 0 Å². The van der Waals surface area contributed by atoms with Gasteiger partial charge in [0.2, 0.25) is 6.29 Å². The SMILES string of the molecule is O=C(O[C@@H]1[C@@H](O)[C@H](Oc2ccc(O)cc2CO)O[C@H](CO)[C@H]1O)c1ccccc1. The maximum Gasteiger partial charge on any atom is 0.338 e. The third-order valence-electron chi connectivity index (χ3n) is 4.53. The van der Waals surface area contributed by atoms with Gasteiger partial charge in [0.1, 0.15) is 23.7 Å². The Labute approximate surface area is 166 Å². The predicted molar refractivity (Wildman–Crippen MR) is 98.1 cm³/mol. The van der Waals surface area contributed by atoms with E-state index < -0.39 is 49.9 Å². The largest absolute Gasteiger partial charge is 0.508 e. The van der Waals surface area contributed by atoms with Crippen LogP contribution >= 0.6 is 0 Å². The molecule has 2 aromatic rings. The number of hydrogen-bond acceptors (Lipinski definition) is 9. The fourth-order valence-corrected chi connectivity index (χ4v) is 2.99. The van der Waals surface area contributed by atoms with Crippen molar-refractivity contribution in [2.24, 2.45) is 0 Å². The Morgan fingerprint density at radius 3 is 2.41 bits per heavy atom. The van der Waals surface area contributed by atoms with E-state index in [4.69, 9.17) is 14.2 Å². The Balaban J connectivity index is 1.81. The summed E-state index contributed by atoms with van der Waals surface area (Å²) in [6.07, 6.45) is -7.14. The first kappa shape index (κ1) is 21.0. The second-order valence-electron chi connectivity index (χ2n) is 6.51. The molecule has 0 spiro atoms. The van der Waals surface area contributed by atoms with Crippen molar-refractivity contribution in [1.82, 2.24) is 0 Å². The van der Waals surface area contributed by atoms with E-state index >= 15 is 0 Å². The van der Waals surface area contributed by atoms with Gasteiger partial charge in [-0.15, -0.1) is 0 Å². The van der Waals surface area contributed by atoms with Gasteiger partial charge in [0.05, 0.1) is 18.8 Å². The zero-order valence-electron chi connectivity index (χ0n) is 15.3. The van der Waals surface area contributed by atoms with Crippen LogP contribution < -0.4 is 4.74 Å². The molecule has 2 aromatic carbocycles. The number of carbonyl (C=O) groups excluding carboxylic acids is 1. The number of aliphatic hydroxyl groups excluding tert-OH is 4. The molecule has 0 saturated carbocycles. The van der Waals surface area contributed by atoms with E-state index in [1.54, 1.807) is 18.2 Å². The summed E-state index contributed by atoms with van der Waals surface area (Å²) in [5, 5.41) is 49.4. The summed E-state index contributed by atoms with van der Waals surface area (Å²) < 4.78 is 16.3. The van der Waals surface area contributed by atoms with Gasteiger partial charge in [0.15, 0.2) is 12.2 Å². The average molecular weight is 406 g/mol. The second kappa shape index (κ2) is 9.21. The van der Waals surface area contributed by atoms with Crippen molar-refractivity contribution in [3.8, 4) is 11.5 Å². The van der Waals surface area contributed by atoms with Gasteiger partial charge in [-0.25, -0.2) is 4.79 Å². The summed E-state index contributed by atoms with van der Waals surface area (Å²) in [7, 11) is 0. The minimum Gasteiger partial charge on any atom is -0.508 e. The predicted octanol–water partition coefficient (Wildman–Crippen LogP) is -0.0721. The molecule has 1 aliphatic rings. The topological polar surface area (TPSA) is 146 Å². The van der Waals surface area contributed by atoms with Crippen LogP contribution in [0.4, 0.5) is 0 Å². The number of ether oxygens (including phenoxy) is 3. The minimum atomic E-state index is -1.60. The summed E-state index contributed by atoms with van der Waals surface area (Å²) in [5.74, 6) is -0.757. The number of hydrogen-bond donors (Lipinski definition) is 5. The lowest BCUT2D eigenvalue weighted by molar-refractivity contribution is -0.277. The number of carbonyl (C=O) groups is 1. The first-order valence-electron chi connectivity index (χ1n) is 8.92. The number of esters is 1. The molecule has 0 bridgehead atoms. The molecular weight excluding hydrogens is 384 g/mol. The normalized spacial score (nSPS) is 26.7. The molecule has 1 aliphatic heterocycles. The van der Waals surface area contributed by atoms with E-state index in [-0.39, 0.29) is 22.6 Å². The first-order valence-corrected chi connectivity index (χ1v) is 8.92. The summed E-state index contributed by atoms with van der Waals surface area (Å²) in [6.45, 7) is -1.07. The maximum absolute atomic E-state index is 12.4. The molecule has 9 heteroatoms. The lowest BCUT2D eigenvalue weighted by atomic mass is 9.98. The van der Waals surface area contributed by atoms with E-state index in [1.807, 2.05) is 0 Å². The van der Waals surface area contributed by atoms with Gasteiger partial charge in [0, 0.05) is 5.56 Å². The number of phenols is 1. The summed E-state index contributed by atoms with van der Waals surface area (Å²) >= 11 is 0. The number of aromatic hydroxyl groups is 1. The van der Waals surface area contributed by atoms with E-state index in [0.29, 0.717) is 0 Å². The van der Waals surface area contributed by atoms with Crippen LogP contribution in [0.5, 0.6) is 11.5 Å². The van der Waals surface area contributed by atoms with E-state index in [2.05, 4.69) is 0 Å². The van der Waals surface area contributed by atoms with Crippen LogP contribution in [0.1, 0.15) is 15.9 Å². The lowest BCUT2D eigenvalue weighted by Crippen LogP contribution is -2.61. The monoisotopic (exact) mass is 406 g/mol. The Morgan fingerprint density at radius 2 is 1.76 bits per heavy atom. The summed E-state index contributed by atoms with van der Waals surface area (Å²) in [4.78, 5) is 12.4. The van der Waals surface area contributed by atoms with Gasteiger partial charge >= 0.3 is 5.97 Å². The van der Waals surface area contributed by atoms with Gasteiger partial charge in [-0.05, 0) is 30.3 Å². The van der Waals surface area contributed by atoms with Gasteiger partial charge in [-0.2, -0.15) is 0 Å². The van der Waals surface area contributed by atoms with Gasteiger partial charge in [0.25, 0.3) is 0 Å². The third-order valence-corrected chi connectivity index (χ3v) is 4.53. The Kier molecular flexibility index (Phi) is 6.68. The molecule has 5 atom stereocenters. The number of benzene rings is 2. The molecule has 9 nitrogen and oxygen atoms in total. The van der Waals surface area contributed by atoms with E-state index in [9.17, 15) is 30.3 Å². The van der Waals surface area contributed by atoms with Crippen LogP contribution in [0.15, 0.2) is 48.5 Å². The first-order chi connectivity index (χ1) is 13.9. The smallest absolute Gasteiger partial charge is 0.338 e. The lowest BCUT2D eigenvalue weighted by Gasteiger charge is -2.41. The highest BCUT2D eigenvalue weighted by molar-refractivity contribution is 5.89. The zero-order chi connectivity index (χ0) is 21.0. The van der Waals surface area contributed by atoms with Crippen LogP contribution in [-0.4, -0.2) is 68.8 Å². The number of phenolic OH excluding ortho intramolecular Hbond substituents is 1. The molecule has 29 heavy (non-hydrogen) atoms. The van der Waals surface area contributed by atoms with Crippen molar-refractivity contribution in [2.75, 3.05) is 6.61 Å². The fraction of sp³-hybridized carbons (Fsp3) is 0.350. The highest BCUT2D eigenvalue weighted by Gasteiger charge is 2.48. The van der Waals surface area contributed by atoms with Gasteiger partial charge in [-0.3, -0.25) is 0 Å².